The highest BCUT2D eigenvalue weighted by atomic mass is 16.3. The molecule has 0 spiro atoms. The van der Waals surface area contributed by atoms with Crippen LogP contribution in [-0.4, -0.2) is 58.0 Å². The molecule has 2 amide bonds. The van der Waals surface area contributed by atoms with Crippen LogP contribution >= 0.6 is 0 Å². The molecule has 1 aliphatic heterocycles. The molecule has 6 heteroatoms. The second-order valence-corrected chi connectivity index (χ2v) is 6.04. The first-order chi connectivity index (χ1) is 12.0. The lowest BCUT2D eigenvalue weighted by atomic mass is 10.2. The van der Waals surface area contributed by atoms with Crippen LogP contribution in [0.25, 0.3) is 0 Å². The Kier molecular flexibility index (Phi) is 4.88. The number of rotatable bonds is 2. The summed E-state index contributed by atoms with van der Waals surface area (Å²) < 4.78 is 0. The summed E-state index contributed by atoms with van der Waals surface area (Å²) in [4.78, 5) is 28.5. The Hall–Kier alpha value is -3.02. The molecule has 0 unspecified atom stereocenters. The monoisotopic (exact) mass is 340 g/mol. The number of phenols is 2. The van der Waals surface area contributed by atoms with Crippen molar-refractivity contribution in [1.82, 2.24) is 9.80 Å². The maximum Gasteiger partial charge on any atom is 0.254 e. The van der Waals surface area contributed by atoms with Crippen LogP contribution in [-0.2, 0) is 0 Å². The fraction of sp³-hybridized carbons (Fsp3) is 0.263. The van der Waals surface area contributed by atoms with Gasteiger partial charge in [-0.05, 0) is 42.8 Å². The molecular formula is C19H20N2O4. The van der Waals surface area contributed by atoms with E-state index in [4.69, 9.17) is 0 Å². The highest BCUT2D eigenvalue weighted by Gasteiger charge is 2.23. The third-order valence-electron chi connectivity index (χ3n) is 4.26. The minimum absolute atomic E-state index is 0.0568. The predicted molar refractivity (Wildman–Crippen MR) is 92.6 cm³/mol. The number of carbonyl (C=O) groups excluding carboxylic acids is 2. The minimum atomic E-state index is -0.150. The van der Waals surface area contributed by atoms with E-state index in [0.717, 1.165) is 0 Å². The van der Waals surface area contributed by atoms with Crippen LogP contribution in [0.5, 0.6) is 11.5 Å². The van der Waals surface area contributed by atoms with Crippen molar-refractivity contribution < 1.29 is 19.8 Å². The number of amides is 2. The van der Waals surface area contributed by atoms with E-state index in [9.17, 15) is 19.8 Å². The molecule has 1 aliphatic rings. The number of nitrogens with zero attached hydrogens (tertiary/aromatic N) is 2. The Bertz CT molecular complexity index is 725. The second-order valence-electron chi connectivity index (χ2n) is 6.04. The summed E-state index contributed by atoms with van der Waals surface area (Å²) >= 11 is 0. The molecule has 0 bridgehead atoms. The Morgan fingerprint density at radius 2 is 1.16 bits per heavy atom. The maximum atomic E-state index is 12.6. The minimum Gasteiger partial charge on any atom is -0.508 e. The van der Waals surface area contributed by atoms with E-state index in [1.54, 1.807) is 34.1 Å². The molecule has 2 N–H and O–H groups in total. The van der Waals surface area contributed by atoms with Crippen molar-refractivity contribution in [2.75, 3.05) is 26.2 Å². The summed E-state index contributed by atoms with van der Waals surface area (Å²) in [5.74, 6) is -0.187. The third-order valence-corrected chi connectivity index (χ3v) is 4.26. The molecule has 1 heterocycles. The summed E-state index contributed by atoms with van der Waals surface area (Å²) in [5.41, 5.74) is 0.875. The van der Waals surface area contributed by atoms with Gasteiger partial charge in [-0.15, -0.1) is 0 Å². The van der Waals surface area contributed by atoms with Gasteiger partial charge in [-0.3, -0.25) is 9.59 Å². The highest BCUT2D eigenvalue weighted by Crippen LogP contribution is 2.17. The SMILES string of the molecule is O=C(c1cccc(O)c1)N1CCCN(C(=O)c2cccc(O)c2)CC1. The fourth-order valence-corrected chi connectivity index (χ4v) is 2.97. The first-order valence-corrected chi connectivity index (χ1v) is 8.21. The standard InChI is InChI=1S/C19H20N2O4/c22-16-6-1-4-14(12-16)18(24)20-8-3-9-21(11-10-20)19(25)15-5-2-7-17(23)13-15/h1-2,4-7,12-13,22-23H,3,8-11H2. The van der Waals surface area contributed by atoms with Crippen molar-refractivity contribution >= 4 is 11.8 Å². The van der Waals surface area contributed by atoms with Gasteiger partial charge >= 0.3 is 0 Å². The van der Waals surface area contributed by atoms with Gasteiger partial charge in [-0.1, -0.05) is 12.1 Å². The smallest absolute Gasteiger partial charge is 0.254 e. The van der Waals surface area contributed by atoms with Crippen LogP contribution in [0.15, 0.2) is 48.5 Å². The quantitative estimate of drug-likeness (QED) is 0.877. The number of hydrogen-bond acceptors (Lipinski definition) is 4. The number of phenolic OH excluding ortho intramolecular Hbond substituents is 2. The van der Waals surface area contributed by atoms with Crippen LogP contribution in [0.4, 0.5) is 0 Å². The normalized spacial score (nSPS) is 14.9. The van der Waals surface area contributed by atoms with Crippen molar-refractivity contribution in [2.24, 2.45) is 0 Å². The molecule has 1 saturated heterocycles. The van der Waals surface area contributed by atoms with E-state index in [1.165, 1.54) is 24.3 Å². The maximum absolute atomic E-state index is 12.6. The first-order valence-electron chi connectivity index (χ1n) is 8.21. The molecule has 3 rings (SSSR count). The van der Waals surface area contributed by atoms with Gasteiger partial charge in [0.2, 0.25) is 0 Å². The second kappa shape index (κ2) is 7.25. The Morgan fingerprint density at radius 3 is 1.56 bits per heavy atom. The molecule has 0 radical (unpaired) electrons. The molecule has 2 aromatic rings. The summed E-state index contributed by atoms with van der Waals surface area (Å²) in [6.07, 6.45) is 0.676. The lowest BCUT2D eigenvalue weighted by molar-refractivity contribution is 0.0718. The zero-order valence-electron chi connectivity index (χ0n) is 13.8. The van der Waals surface area contributed by atoms with Crippen molar-refractivity contribution in [3.05, 3.63) is 59.7 Å². The zero-order valence-corrected chi connectivity index (χ0v) is 13.8. The van der Waals surface area contributed by atoms with Crippen LogP contribution < -0.4 is 0 Å². The summed E-state index contributed by atoms with van der Waals surface area (Å²) in [6, 6.07) is 12.6. The van der Waals surface area contributed by atoms with E-state index in [1.807, 2.05) is 0 Å². The topological polar surface area (TPSA) is 81.1 Å². The molecule has 0 saturated carbocycles. The zero-order chi connectivity index (χ0) is 17.8. The Labute approximate surface area is 145 Å². The summed E-state index contributed by atoms with van der Waals surface area (Å²) in [5, 5.41) is 19.1. The highest BCUT2D eigenvalue weighted by molar-refractivity contribution is 5.96. The van der Waals surface area contributed by atoms with Crippen molar-refractivity contribution in [3.8, 4) is 11.5 Å². The number of hydrogen-bond donors (Lipinski definition) is 2. The largest absolute Gasteiger partial charge is 0.508 e. The van der Waals surface area contributed by atoms with E-state index in [2.05, 4.69) is 0 Å². The molecule has 0 aliphatic carbocycles. The van der Waals surface area contributed by atoms with Crippen molar-refractivity contribution in [3.63, 3.8) is 0 Å². The Balaban J connectivity index is 1.68. The van der Waals surface area contributed by atoms with Crippen LogP contribution in [0.2, 0.25) is 0 Å². The lowest BCUT2D eigenvalue weighted by Crippen LogP contribution is -2.37. The van der Waals surface area contributed by atoms with Gasteiger partial charge in [0, 0.05) is 37.3 Å². The molecule has 130 valence electrons. The average molecular weight is 340 g/mol. The molecular weight excluding hydrogens is 320 g/mol. The van der Waals surface area contributed by atoms with Gasteiger partial charge in [0.1, 0.15) is 11.5 Å². The lowest BCUT2D eigenvalue weighted by Gasteiger charge is -2.22. The van der Waals surface area contributed by atoms with E-state index in [-0.39, 0.29) is 23.3 Å². The third kappa shape index (κ3) is 3.91. The van der Waals surface area contributed by atoms with Gasteiger partial charge in [0.25, 0.3) is 11.8 Å². The van der Waals surface area contributed by atoms with Gasteiger partial charge in [0.15, 0.2) is 0 Å². The van der Waals surface area contributed by atoms with Crippen molar-refractivity contribution in [2.45, 2.75) is 6.42 Å². The molecule has 2 aromatic carbocycles. The van der Waals surface area contributed by atoms with Gasteiger partial charge in [0.05, 0.1) is 0 Å². The van der Waals surface area contributed by atoms with Gasteiger partial charge < -0.3 is 20.0 Å². The number of aromatic hydroxyl groups is 2. The van der Waals surface area contributed by atoms with Gasteiger partial charge in [-0.25, -0.2) is 0 Å². The first kappa shape index (κ1) is 16.8. The van der Waals surface area contributed by atoms with Gasteiger partial charge in [-0.2, -0.15) is 0 Å². The molecule has 25 heavy (non-hydrogen) atoms. The van der Waals surface area contributed by atoms with E-state index >= 15 is 0 Å². The Morgan fingerprint density at radius 1 is 0.720 bits per heavy atom. The number of benzene rings is 2. The van der Waals surface area contributed by atoms with E-state index in [0.29, 0.717) is 43.7 Å². The summed E-state index contributed by atoms with van der Waals surface area (Å²) in [6.45, 7) is 1.97. The number of carbonyl (C=O) groups is 2. The predicted octanol–water partition coefficient (Wildman–Crippen LogP) is 2.09. The molecule has 6 nitrogen and oxygen atoms in total. The van der Waals surface area contributed by atoms with Crippen LogP contribution in [0, 0.1) is 0 Å². The molecule has 0 aromatic heterocycles. The molecule has 1 fully saturated rings. The van der Waals surface area contributed by atoms with E-state index < -0.39 is 0 Å². The van der Waals surface area contributed by atoms with Crippen LogP contribution in [0.3, 0.4) is 0 Å². The molecule has 0 atom stereocenters. The fourth-order valence-electron chi connectivity index (χ4n) is 2.97. The summed E-state index contributed by atoms with van der Waals surface area (Å²) in [7, 11) is 0. The van der Waals surface area contributed by atoms with Crippen molar-refractivity contribution in [1.29, 1.82) is 0 Å². The van der Waals surface area contributed by atoms with Crippen LogP contribution in [0.1, 0.15) is 27.1 Å². The average Bonchev–Trinajstić information content (AvgIpc) is 2.86.